The molecular formula is C15H24N2. The van der Waals surface area contributed by atoms with Gasteiger partial charge < -0.3 is 5.73 Å². The van der Waals surface area contributed by atoms with E-state index in [-0.39, 0.29) is 5.54 Å². The van der Waals surface area contributed by atoms with Gasteiger partial charge in [-0.15, -0.1) is 0 Å². The third-order valence-electron chi connectivity index (χ3n) is 4.28. The van der Waals surface area contributed by atoms with Crippen LogP contribution in [0.4, 0.5) is 0 Å². The van der Waals surface area contributed by atoms with Gasteiger partial charge in [0.1, 0.15) is 0 Å². The molecule has 1 aromatic rings. The molecule has 2 rings (SSSR count). The molecule has 17 heavy (non-hydrogen) atoms. The summed E-state index contributed by atoms with van der Waals surface area (Å²) in [5.41, 5.74) is 8.85. The van der Waals surface area contributed by atoms with Crippen molar-refractivity contribution in [2.75, 3.05) is 13.6 Å². The summed E-state index contributed by atoms with van der Waals surface area (Å²) < 4.78 is 0. The molecule has 1 unspecified atom stereocenters. The Labute approximate surface area is 105 Å². The highest BCUT2D eigenvalue weighted by atomic mass is 15.2. The highest BCUT2D eigenvalue weighted by Crippen LogP contribution is 2.42. The third kappa shape index (κ3) is 2.70. The van der Waals surface area contributed by atoms with Crippen molar-refractivity contribution >= 4 is 0 Å². The zero-order valence-corrected chi connectivity index (χ0v) is 11.2. The Bertz CT molecular complexity index is 367. The molecule has 0 bridgehead atoms. The Kier molecular flexibility index (Phi) is 3.55. The number of hydrogen-bond acceptors (Lipinski definition) is 2. The Morgan fingerprint density at radius 2 is 1.88 bits per heavy atom. The highest BCUT2D eigenvalue weighted by molar-refractivity contribution is 5.21. The van der Waals surface area contributed by atoms with Crippen LogP contribution in [-0.2, 0) is 6.54 Å². The molecule has 1 fully saturated rings. The standard InChI is InChI=1S/C15H24N2/c1-12-4-6-13(7-5-12)10-17(3)15(2,11-16)14-8-9-14/h4-7,14H,8-11,16H2,1-3H3. The van der Waals surface area contributed by atoms with E-state index in [0.29, 0.717) is 0 Å². The lowest BCUT2D eigenvalue weighted by Crippen LogP contribution is -2.51. The molecule has 0 aliphatic heterocycles. The zero-order chi connectivity index (χ0) is 12.5. The van der Waals surface area contributed by atoms with Gasteiger partial charge in [-0.2, -0.15) is 0 Å². The smallest absolute Gasteiger partial charge is 0.0332 e. The lowest BCUT2D eigenvalue weighted by atomic mass is 9.93. The molecular weight excluding hydrogens is 208 g/mol. The molecule has 2 N–H and O–H groups in total. The van der Waals surface area contributed by atoms with Gasteiger partial charge in [-0.3, -0.25) is 4.90 Å². The molecule has 1 aromatic carbocycles. The van der Waals surface area contributed by atoms with E-state index >= 15 is 0 Å². The van der Waals surface area contributed by atoms with E-state index in [1.807, 2.05) is 0 Å². The second kappa shape index (κ2) is 4.79. The van der Waals surface area contributed by atoms with E-state index < -0.39 is 0 Å². The van der Waals surface area contributed by atoms with Crippen molar-refractivity contribution in [3.05, 3.63) is 35.4 Å². The topological polar surface area (TPSA) is 29.3 Å². The molecule has 2 heteroatoms. The van der Waals surface area contributed by atoms with Crippen molar-refractivity contribution in [2.45, 2.75) is 38.8 Å². The minimum absolute atomic E-state index is 0.172. The van der Waals surface area contributed by atoms with E-state index in [1.165, 1.54) is 24.0 Å². The molecule has 1 aliphatic carbocycles. The van der Waals surface area contributed by atoms with Crippen LogP contribution in [0.5, 0.6) is 0 Å². The normalized spacial score (nSPS) is 19.4. The van der Waals surface area contributed by atoms with E-state index in [9.17, 15) is 0 Å². The predicted octanol–water partition coefficient (Wildman–Crippen LogP) is 2.55. The van der Waals surface area contributed by atoms with Crippen LogP contribution in [0.3, 0.4) is 0 Å². The van der Waals surface area contributed by atoms with Crippen LogP contribution in [0.15, 0.2) is 24.3 Å². The summed E-state index contributed by atoms with van der Waals surface area (Å²) in [6.45, 7) is 6.17. The second-order valence-electron chi connectivity index (χ2n) is 5.68. The van der Waals surface area contributed by atoms with Gasteiger partial charge in [0.15, 0.2) is 0 Å². The minimum Gasteiger partial charge on any atom is -0.329 e. The Hall–Kier alpha value is -0.860. The van der Waals surface area contributed by atoms with Crippen molar-refractivity contribution < 1.29 is 0 Å². The first-order valence-electron chi connectivity index (χ1n) is 6.53. The molecule has 1 saturated carbocycles. The van der Waals surface area contributed by atoms with Crippen LogP contribution in [0.25, 0.3) is 0 Å². The average Bonchev–Trinajstić information content (AvgIpc) is 3.15. The van der Waals surface area contributed by atoms with Crippen molar-refractivity contribution in [3.63, 3.8) is 0 Å². The van der Waals surface area contributed by atoms with Gasteiger partial charge >= 0.3 is 0 Å². The molecule has 0 spiro atoms. The first-order valence-corrected chi connectivity index (χ1v) is 6.53. The zero-order valence-electron chi connectivity index (χ0n) is 11.2. The molecule has 0 heterocycles. The number of nitrogens with two attached hydrogens (primary N) is 1. The minimum atomic E-state index is 0.172. The maximum absolute atomic E-state index is 5.98. The highest BCUT2D eigenvalue weighted by Gasteiger charge is 2.43. The number of aryl methyl sites for hydroxylation is 1. The molecule has 2 nitrogen and oxygen atoms in total. The fourth-order valence-corrected chi connectivity index (χ4v) is 2.49. The van der Waals surface area contributed by atoms with Gasteiger partial charge in [0, 0.05) is 18.6 Å². The second-order valence-corrected chi connectivity index (χ2v) is 5.68. The van der Waals surface area contributed by atoms with Crippen LogP contribution in [-0.4, -0.2) is 24.0 Å². The number of nitrogens with zero attached hydrogens (tertiary/aromatic N) is 1. The molecule has 94 valence electrons. The maximum atomic E-state index is 5.98. The van der Waals surface area contributed by atoms with Gasteiger partial charge in [-0.25, -0.2) is 0 Å². The lowest BCUT2D eigenvalue weighted by molar-refractivity contribution is 0.113. The predicted molar refractivity (Wildman–Crippen MR) is 72.8 cm³/mol. The van der Waals surface area contributed by atoms with E-state index in [0.717, 1.165) is 19.0 Å². The number of benzene rings is 1. The van der Waals surface area contributed by atoms with Gasteiger partial charge in [0.2, 0.25) is 0 Å². The first-order chi connectivity index (χ1) is 8.06. The summed E-state index contributed by atoms with van der Waals surface area (Å²) in [4.78, 5) is 2.43. The number of rotatable bonds is 5. The Morgan fingerprint density at radius 3 is 2.35 bits per heavy atom. The first kappa shape index (κ1) is 12.6. The van der Waals surface area contributed by atoms with Gasteiger partial charge in [-0.05, 0) is 45.2 Å². The van der Waals surface area contributed by atoms with E-state index in [2.05, 4.69) is 50.1 Å². The summed E-state index contributed by atoms with van der Waals surface area (Å²) >= 11 is 0. The molecule has 1 atom stereocenters. The van der Waals surface area contributed by atoms with E-state index in [4.69, 9.17) is 5.73 Å². The largest absolute Gasteiger partial charge is 0.329 e. The number of hydrogen-bond donors (Lipinski definition) is 1. The SMILES string of the molecule is Cc1ccc(CN(C)C(C)(CN)C2CC2)cc1. The molecule has 0 amide bonds. The maximum Gasteiger partial charge on any atom is 0.0332 e. The van der Waals surface area contributed by atoms with Crippen LogP contribution >= 0.6 is 0 Å². The van der Waals surface area contributed by atoms with Crippen molar-refractivity contribution in [2.24, 2.45) is 11.7 Å². The van der Waals surface area contributed by atoms with Gasteiger partial charge in [0.05, 0.1) is 0 Å². The van der Waals surface area contributed by atoms with Crippen molar-refractivity contribution in [1.82, 2.24) is 4.90 Å². The number of likely N-dealkylation sites (N-methyl/N-ethyl adjacent to an activating group) is 1. The third-order valence-corrected chi connectivity index (χ3v) is 4.28. The summed E-state index contributed by atoms with van der Waals surface area (Å²) in [5, 5.41) is 0. The fourth-order valence-electron chi connectivity index (χ4n) is 2.49. The molecule has 1 aliphatic rings. The summed E-state index contributed by atoms with van der Waals surface area (Å²) in [6, 6.07) is 8.80. The van der Waals surface area contributed by atoms with Crippen molar-refractivity contribution in [3.8, 4) is 0 Å². The van der Waals surface area contributed by atoms with Gasteiger partial charge in [-0.1, -0.05) is 29.8 Å². The Morgan fingerprint density at radius 1 is 1.29 bits per heavy atom. The molecule has 0 aromatic heterocycles. The van der Waals surface area contributed by atoms with Crippen LogP contribution < -0.4 is 5.73 Å². The van der Waals surface area contributed by atoms with Crippen molar-refractivity contribution in [1.29, 1.82) is 0 Å². The molecule has 0 radical (unpaired) electrons. The van der Waals surface area contributed by atoms with E-state index in [1.54, 1.807) is 0 Å². The molecule has 0 saturated heterocycles. The average molecular weight is 232 g/mol. The van der Waals surface area contributed by atoms with Crippen LogP contribution in [0, 0.1) is 12.8 Å². The van der Waals surface area contributed by atoms with Gasteiger partial charge in [0.25, 0.3) is 0 Å². The van der Waals surface area contributed by atoms with Crippen LogP contribution in [0.2, 0.25) is 0 Å². The quantitative estimate of drug-likeness (QED) is 0.845. The Balaban J connectivity index is 2.04. The fraction of sp³-hybridized carbons (Fsp3) is 0.600. The summed E-state index contributed by atoms with van der Waals surface area (Å²) in [6.07, 6.45) is 2.68. The summed E-state index contributed by atoms with van der Waals surface area (Å²) in [7, 11) is 2.20. The van der Waals surface area contributed by atoms with Crippen LogP contribution in [0.1, 0.15) is 30.9 Å². The summed E-state index contributed by atoms with van der Waals surface area (Å²) in [5.74, 6) is 0.794. The lowest BCUT2D eigenvalue weighted by Gasteiger charge is -2.38. The monoisotopic (exact) mass is 232 g/mol.